The van der Waals surface area contributed by atoms with Crippen molar-refractivity contribution < 1.29 is 4.42 Å². The number of fused-ring (bicyclic) bond motifs is 7. The number of para-hydroxylation sites is 5. The van der Waals surface area contributed by atoms with Crippen LogP contribution in [0.4, 0.5) is 34.1 Å². The molecule has 13 rings (SSSR count). The lowest BCUT2D eigenvalue weighted by Gasteiger charge is -2.37. The summed E-state index contributed by atoms with van der Waals surface area (Å²) in [6.45, 7) is 4.78. The van der Waals surface area contributed by atoms with Crippen LogP contribution in [-0.2, 0) is 5.41 Å². The van der Waals surface area contributed by atoms with Crippen molar-refractivity contribution in [1.29, 1.82) is 0 Å². The van der Waals surface area contributed by atoms with Gasteiger partial charge in [0.2, 0.25) is 0 Å². The molecule has 12 aromatic rings. The van der Waals surface area contributed by atoms with Crippen LogP contribution in [0.1, 0.15) is 25.0 Å². The van der Waals surface area contributed by atoms with E-state index in [4.69, 9.17) is 4.42 Å². The van der Waals surface area contributed by atoms with Crippen LogP contribution in [0.2, 0.25) is 0 Å². The molecule has 68 heavy (non-hydrogen) atoms. The van der Waals surface area contributed by atoms with Crippen LogP contribution >= 0.6 is 0 Å². The van der Waals surface area contributed by atoms with E-state index >= 15 is 0 Å². The zero-order valence-corrected chi connectivity index (χ0v) is 37.9. The third kappa shape index (κ3) is 6.27. The molecule has 0 spiro atoms. The van der Waals surface area contributed by atoms with E-state index < -0.39 is 0 Å². The van der Waals surface area contributed by atoms with E-state index in [0.717, 1.165) is 56.1 Å². The average molecular weight is 871 g/mol. The molecule has 0 N–H and O–H groups in total. The van der Waals surface area contributed by atoms with Gasteiger partial charge in [0.25, 0.3) is 0 Å². The molecule has 1 heterocycles. The first kappa shape index (κ1) is 39.7. The fourth-order valence-corrected chi connectivity index (χ4v) is 11.0. The first-order chi connectivity index (χ1) is 33.5. The molecule has 0 amide bonds. The Hall–Kier alpha value is -8.66. The van der Waals surface area contributed by atoms with Crippen molar-refractivity contribution in [3.05, 3.63) is 254 Å². The Morgan fingerprint density at radius 3 is 1.62 bits per heavy atom. The van der Waals surface area contributed by atoms with Gasteiger partial charge in [-0.1, -0.05) is 190 Å². The molecule has 1 aliphatic rings. The summed E-state index contributed by atoms with van der Waals surface area (Å²) in [5, 5.41) is 7.24. The standard InChI is InChI=1S/C65H46N2O/c1-65(2)57-31-18-29-53-55-41-47(67(59-32-15-12-26-49(59)43-20-6-3-7-21-43)60-33-16-13-27-50(60)44-22-8-4-9-23-44)37-36-45(55)40-56(63(53)57)51-39-38-48(42-58(51)65)66(46-24-10-5-11-25-46)61-34-19-30-54-52-28-14-17-35-62(52)68-64(54)61/h3-42H,1-2H3. The first-order valence-corrected chi connectivity index (χ1v) is 23.5. The number of furan rings is 1. The Bertz CT molecular complexity index is 3810. The summed E-state index contributed by atoms with van der Waals surface area (Å²) < 4.78 is 6.67. The highest BCUT2D eigenvalue weighted by atomic mass is 16.3. The average Bonchev–Trinajstić information content (AvgIpc) is 3.79. The number of benzene rings is 11. The third-order valence-corrected chi connectivity index (χ3v) is 14.2. The molecule has 1 aromatic heterocycles. The van der Waals surface area contributed by atoms with Crippen LogP contribution in [-0.4, -0.2) is 0 Å². The maximum absolute atomic E-state index is 6.67. The Labute approximate surface area is 396 Å². The lowest BCUT2D eigenvalue weighted by molar-refractivity contribution is 0.645. The fourth-order valence-electron chi connectivity index (χ4n) is 11.0. The molecule has 11 aromatic carbocycles. The normalized spacial score (nSPS) is 12.7. The fraction of sp³-hybridized carbons (Fsp3) is 0.0462. The second kappa shape index (κ2) is 15.8. The SMILES string of the molecule is CC1(C)c2cc(N(c3ccccc3)c3cccc4c3oc3ccccc34)ccc2-c2cc3ccc(N(c4ccccc4-c4ccccc4)c4ccccc4-c4ccccc4)cc3c3cccc1c23. The molecule has 1 aliphatic carbocycles. The van der Waals surface area contributed by atoms with Crippen molar-refractivity contribution in [3.8, 4) is 33.4 Å². The summed E-state index contributed by atoms with van der Waals surface area (Å²) >= 11 is 0. The van der Waals surface area contributed by atoms with Crippen LogP contribution in [0.5, 0.6) is 0 Å². The summed E-state index contributed by atoms with van der Waals surface area (Å²) in [5.74, 6) is 0. The minimum absolute atomic E-state index is 0.313. The predicted molar refractivity (Wildman–Crippen MR) is 287 cm³/mol. The molecular weight excluding hydrogens is 825 g/mol. The van der Waals surface area contributed by atoms with Crippen LogP contribution < -0.4 is 9.80 Å². The van der Waals surface area contributed by atoms with Gasteiger partial charge in [0.1, 0.15) is 5.58 Å². The van der Waals surface area contributed by atoms with Gasteiger partial charge in [0, 0.05) is 44.4 Å². The quantitative estimate of drug-likeness (QED) is 0.142. The summed E-state index contributed by atoms with van der Waals surface area (Å²) in [4.78, 5) is 4.82. The van der Waals surface area contributed by atoms with Gasteiger partial charge < -0.3 is 14.2 Å². The molecule has 0 saturated carbocycles. The second-order valence-corrected chi connectivity index (χ2v) is 18.4. The van der Waals surface area contributed by atoms with Gasteiger partial charge in [-0.15, -0.1) is 0 Å². The number of nitrogens with zero attached hydrogens (tertiary/aromatic N) is 2. The minimum Gasteiger partial charge on any atom is -0.454 e. The van der Waals surface area contributed by atoms with Crippen molar-refractivity contribution in [2.24, 2.45) is 0 Å². The van der Waals surface area contributed by atoms with E-state index in [0.29, 0.717) is 0 Å². The topological polar surface area (TPSA) is 19.6 Å². The minimum atomic E-state index is -0.313. The smallest absolute Gasteiger partial charge is 0.159 e. The number of hydrogen-bond acceptors (Lipinski definition) is 3. The van der Waals surface area contributed by atoms with E-state index in [9.17, 15) is 0 Å². The van der Waals surface area contributed by atoms with Gasteiger partial charge in [-0.3, -0.25) is 0 Å². The predicted octanol–water partition coefficient (Wildman–Crippen LogP) is 18.5. The summed E-state index contributed by atoms with van der Waals surface area (Å²) in [6, 6.07) is 88.1. The summed E-state index contributed by atoms with van der Waals surface area (Å²) in [7, 11) is 0. The molecule has 0 radical (unpaired) electrons. The highest BCUT2D eigenvalue weighted by molar-refractivity contribution is 6.18. The molecule has 3 heteroatoms. The van der Waals surface area contributed by atoms with Gasteiger partial charge in [-0.25, -0.2) is 0 Å². The maximum Gasteiger partial charge on any atom is 0.159 e. The Morgan fingerprint density at radius 1 is 0.338 bits per heavy atom. The van der Waals surface area contributed by atoms with Gasteiger partial charge in [0.05, 0.1) is 17.1 Å². The van der Waals surface area contributed by atoms with Crippen molar-refractivity contribution in [3.63, 3.8) is 0 Å². The van der Waals surface area contributed by atoms with E-state index in [1.54, 1.807) is 0 Å². The van der Waals surface area contributed by atoms with Crippen LogP contribution in [0, 0.1) is 0 Å². The van der Waals surface area contributed by atoms with E-state index in [1.165, 1.54) is 66.1 Å². The van der Waals surface area contributed by atoms with Crippen LogP contribution in [0.25, 0.3) is 76.9 Å². The molecule has 0 atom stereocenters. The van der Waals surface area contributed by atoms with Crippen molar-refractivity contribution in [2.45, 2.75) is 19.3 Å². The van der Waals surface area contributed by atoms with Crippen molar-refractivity contribution >= 4 is 77.6 Å². The molecule has 0 unspecified atom stereocenters. The Kier molecular flexibility index (Phi) is 9.19. The largest absolute Gasteiger partial charge is 0.454 e. The number of hydrogen-bond donors (Lipinski definition) is 0. The van der Waals surface area contributed by atoms with Crippen molar-refractivity contribution in [2.75, 3.05) is 9.80 Å². The molecule has 3 nitrogen and oxygen atoms in total. The summed E-state index contributed by atoms with van der Waals surface area (Å²) in [5.41, 5.74) is 17.8. The van der Waals surface area contributed by atoms with Gasteiger partial charge in [-0.05, 0) is 122 Å². The van der Waals surface area contributed by atoms with Crippen molar-refractivity contribution in [1.82, 2.24) is 0 Å². The van der Waals surface area contributed by atoms with Gasteiger partial charge in [0.15, 0.2) is 5.58 Å². The number of anilines is 6. The third-order valence-electron chi connectivity index (χ3n) is 14.2. The van der Waals surface area contributed by atoms with E-state index in [1.807, 2.05) is 6.07 Å². The molecule has 322 valence electrons. The highest BCUT2D eigenvalue weighted by Gasteiger charge is 2.35. The Balaban J connectivity index is 1.00. The van der Waals surface area contributed by atoms with E-state index in [2.05, 4.69) is 260 Å². The van der Waals surface area contributed by atoms with E-state index in [-0.39, 0.29) is 5.41 Å². The summed E-state index contributed by atoms with van der Waals surface area (Å²) in [6.07, 6.45) is 0. The monoisotopic (exact) mass is 870 g/mol. The number of rotatable bonds is 8. The van der Waals surface area contributed by atoms with Crippen LogP contribution in [0.3, 0.4) is 0 Å². The Morgan fingerprint density at radius 2 is 0.897 bits per heavy atom. The first-order valence-electron chi connectivity index (χ1n) is 23.5. The highest BCUT2D eigenvalue weighted by Crippen LogP contribution is 2.53. The molecule has 0 bridgehead atoms. The molecule has 0 saturated heterocycles. The molecular formula is C65H46N2O. The zero-order valence-electron chi connectivity index (χ0n) is 37.9. The second-order valence-electron chi connectivity index (χ2n) is 18.4. The maximum atomic E-state index is 6.67. The zero-order chi connectivity index (χ0) is 45.3. The molecule has 0 fully saturated rings. The lowest BCUT2D eigenvalue weighted by Crippen LogP contribution is -2.24. The molecule has 0 aliphatic heterocycles. The van der Waals surface area contributed by atoms with Gasteiger partial charge >= 0.3 is 0 Å². The van der Waals surface area contributed by atoms with Gasteiger partial charge in [-0.2, -0.15) is 0 Å². The van der Waals surface area contributed by atoms with Crippen LogP contribution in [0.15, 0.2) is 247 Å². The lowest BCUT2D eigenvalue weighted by atomic mass is 9.68.